The van der Waals surface area contributed by atoms with Gasteiger partial charge in [0.15, 0.2) is 0 Å². The predicted molar refractivity (Wildman–Crippen MR) is 127 cm³/mol. The number of allylic oxidation sites excluding steroid dienone is 2. The summed E-state index contributed by atoms with van der Waals surface area (Å²) >= 11 is -2.07. The zero-order valence-corrected chi connectivity index (χ0v) is 22.1. The van der Waals surface area contributed by atoms with Gasteiger partial charge in [0.1, 0.15) is 0 Å². The first-order valence-electron chi connectivity index (χ1n) is 11.7. The quantitative estimate of drug-likeness (QED) is 0.122. The standard InChI is InChI=1S/2C15H7F4.Zr/c2*16-12-7-11(13(17)15(19)14(12)18)10-5-8-3-1-2-4-9(8)6-10;/h2*1-7H;. The van der Waals surface area contributed by atoms with Crippen LogP contribution in [0.25, 0.3) is 23.3 Å². The average Bonchev–Trinajstić information content (AvgIpc) is 3.49. The van der Waals surface area contributed by atoms with Crippen molar-refractivity contribution < 1.29 is 58.4 Å². The van der Waals surface area contributed by atoms with Gasteiger partial charge in [0.2, 0.25) is 0 Å². The monoisotopic (exact) mass is 616 g/mol. The fourth-order valence-corrected chi connectivity index (χ4v) is 10.3. The Kier molecular flexibility index (Phi) is 6.45. The van der Waals surface area contributed by atoms with Gasteiger partial charge < -0.3 is 0 Å². The molecule has 0 radical (unpaired) electrons. The van der Waals surface area contributed by atoms with Crippen molar-refractivity contribution in [3.8, 4) is 0 Å². The molecule has 0 saturated carbocycles. The van der Waals surface area contributed by atoms with Gasteiger partial charge in [-0.1, -0.05) is 0 Å². The summed E-state index contributed by atoms with van der Waals surface area (Å²) in [7, 11) is 0. The van der Waals surface area contributed by atoms with Gasteiger partial charge in [-0.2, -0.15) is 0 Å². The van der Waals surface area contributed by atoms with Crippen LogP contribution in [0.4, 0.5) is 35.1 Å². The molecule has 2 aliphatic rings. The third-order valence-corrected chi connectivity index (χ3v) is 11.7. The van der Waals surface area contributed by atoms with Gasteiger partial charge in [-0.15, -0.1) is 0 Å². The van der Waals surface area contributed by atoms with Crippen LogP contribution in [-0.2, 0) is 23.2 Å². The van der Waals surface area contributed by atoms with Crippen molar-refractivity contribution in [3.05, 3.63) is 141 Å². The van der Waals surface area contributed by atoms with Gasteiger partial charge in [0, 0.05) is 0 Å². The molecule has 0 aromatic heterocycles. The summed E-state index contributed by atoms with van der Waals surface area (Å²) in [5, 5.41) is 0. The van der Waals surface area contributed by atoms with E-state index < -0.39 is 88.2 Å². The van der Waals surface area contributed by atoms with E-state index in [1.165, 1.54) is 0 Å². The molecule has 39 heavy (non-hydrogen) atoms. The van der Waals surface area contributed by atoms with Crippen molar-refractivity contribution >= 4 is 23.3 Å². The van der Waals surface area contributed by atoms with E-state index in [-0.39, 0.29) is 11.1 Å². The second-order valence-electron chi connectivity index (χ2n) is 9.19. The Morgan fingerprint density at radius 3 is 1.26 bits per heavy atom. The Labute approximate surface area is 228 Å². The van der Waals surface area contributed by atoms with Gasteiger partial charge in [-0.05, 0) is 0 Å². The molecule has 0 bridgehead atoms. The summed E-state index contributed by atoms with van der Waals surface area (Å²) in [6.45, 7) is 0. The molecular formula is C30H14F8Zr. The fourth-order valence-electron chi connectivity index (χ4n) is 5.21. The maximum atomic E-state index is 15.0. The minimum atomic E-state index is -2.07. The van der Waals surface area contributed by atoms with Crippen molar-refractivity contribution in [3.63, 3.8) is 0 Å². The summed E-state index contributed by atoms with van der Waals surface area (Å²) in [5.41, 5.74) is 2.42. The minimum absolute atomic E-state index is 0.235. The van der Waals surface area contributed by atoms with E-state index in [1.807, 2.05) is 0 Å². The van der Waals surface area contributed by atoms with Crippen LogP contribution in [0.3, 0.4) is 0 Å². The van der Waals surface area contributed by atoms with Crippen LogP contribution >= 0.6 is 0 Å². The van der Waals surface area contributed by atoms with Crippen molar-refractivity contribution in [1.29, 1.82) is 0 Å². The molecule has 6 rings (SSSR count). The van der Waals surface area contributed by atoms with E-state index in [4.69, 9.17) is 0 Å². The predicted octanol–water partition coefficient (Wildman–Crippen LogP) is 8.77. The van der Waals surface area contributed by atoms with Gasteiger partial charge in [-0.3, -0.25) is 0 Å². The number of halogens is 8. The Morgan fingerprint density at radius 2 is 0.846 bits per heavy atom. The van der Waals surface area contributed by atoms with E-state index >= 15 is 0 Å². The molecule has 4 aromatic carbocycles. The summed E-state index contributed by atoms with van der Waals surface area (Å²) in [6.07, 6.45) is 3.16. The molecule has 0 heterocycles. The molecule has 0 nitrogen and oxygen atoms in total. The first-order chi connectivity index (χ1) is 18.7. The fraction of sp³-hybridized carbons (Fsp3) is 0.0667. The third-order valence-electron chi connectivity index (χ3n) is 7.02. The van der Waals surface area contributed by atoms with Crippen molar-refractivity contribution in [2.75, 3.05) is 0 Å². The molecular weight excluding hydrogens is 604 g/mol. The van der Waals surface area contributed by atoms with E-state index in [0.29, 0.717) is 23.3 Å². The Balaban J connectivity index is 1.51. The van der Waals surface area contributed by atoms with E-state index in [1.54, 1.807) is 60.7 Å². The van der Waals surface area contributed by atoms with Gasteiger partial charge in [0.25, 0.3) is 0 Å². The van der Waals surface area contributed by atoms with E-state index in [2.05, 4.69) is 0 Å². The molecule has 0 fully saturated rings. The molecule has 4 aromatic rings. The van der Waals surface area contributed by atoms with E-state index in [0.717, 1.165) is 11.1 Å². The van der Waals surface area contributed by atoms with Crippen molar-refractivity contribution in [2.45, 2.75) is 7.25 Å². The number of rotatable bonds is 4. The SMILES string of the molecule is Fc1cc(C2=Cc3ccccc3[CH]2[Zr][CH]2C(c3cc(F)c(F)c(F)c3F)=Cc3ccccc32)c(F)c(F)c1F. The molecule has 0 amide bonds. The zero-order chi connectivity index (χ0) is 27.6. The molecule has 2 atom stereocenters. The molecule has 2 aliphatic carbocycles. The molecule has 2 unspecified atom stereocenters. The Bertz CT molecular complexity index is 1610. The van der Waals surface area contributed by atoms with E-state index in [9.17, 15) is 35.1 Å². The van der Waals surface area contributed by atoms with Crippen LogP contribution in [0.1, 0.15) is 40.6 Å². The Hall–Kier alpha value is -3.32. The van der Waals surface area contributed by atoms with Crippen LogP contribution in [0, 0.1) is 46.5 Å². The Morgan fingerprint density at radius 1 is 0.462 bits per heavy atom. The summed E-state index contributed by atoms with van der Waals surface area (Å²) in [5.74, 6) is -13.9. The number of fused-ring (bicyclic) bond motifs is 2. The zero-order valence-electron chi connectivity index (χ0n) is 19.6. The first kappa shape index (κ1) is 25.9. The number of hydrogen-bond acceptors (Lipinski definition) is 0. The molecule has 194 valence electrons. The summed E-state index contributed by atoms with van der Waals surface area (Å²) < 4.78 is 113. The molecule has 0 spiro atoms. The number of benzene rings is 4. The maximum absolute atomic E-state index is 15.0. The number of hydrogen-bond donors (Lipinski definition) is 0. The topological polar surface area (TPSA) is 0 Å². The van der Waals surface area contributed by atoms with Crippen molar-refractivity contribution in [2.24, 2.45) is 0 Å². The second kappa shape index (κ2) is 9.70. The van der Waals surface area contributed by atoms with Crippen LogP contribution in [0.15, 0.2) is 60.7 Å². The molecule has 9 heteroatoms. The van der Waals surface area contributed by atoms with Crippen LogP contribution in [-0.4, -0.2) is 0 Å². The summed E-state index contributed by atoms with van der Waals surface area (Å²) in [4.78, 5) is 0. The van der Waals surface area contributed by atoms with Gasteiger partial charge >= 0.3 is 229 Å². The molecule has 0 N–H and O–H groups in total. The van der Waals surface area contributed by atoms with Gasteiger partial charge in [0.05, 0.1) is 0 Å². The van der Waals surface area contributed by atoms with Crippen LogP contribution in [0.2, 0.25) is 0 Å². The van der Waals surface area contributed by atoms with Crippen LogP contribution in [0.5, 0.6) is 0 Å². The molecule has 0 saturated heterocycles. The second-order valence-corrected chi connectivity index (χ2v) is 12.8. The molecule has 0 aliphatic heterocycles. The first-order valence-corrected chi connectivity index (χ1v) is 14.5. The van der Waals surface area contributed by atoms with Crippen LogP contribution < -0.4 is 0 Å². The third kappa shape index (κ3) is 4.13. The summed E-state index contributed by atoms with van der Waals surface area (Å²) in [6, 6.07) is 15.2. The average molecular weight is 618 g/mol. The normalized spacial score (nSPS) is 17.5. The van der Waals surface area contributed by atoms with Crippen molar-refractivity contribution in [1.82, 2.24) is 0 Å². The van der Waals surface area contributed by atoms with Gasteiger partial charge in [-0.25, -0.2) is 0 Å².